The van der Waals surface area contributed by atoms with Crippen molar-refractivity contribution >= 4 is 5.96 Å². The standard InChI is InChI=1S/C20H31N3O2/c1-4-21-20(23-18-11-17-8-9-19(18)25-17)22-12-15-6-5-7-16(10-15)24-13-14(2)3/h5-7,10,14,17-19H,4,8-9,11-13H2,1-3H3,(H2,21,22,23). The van der Waals surface area contributed by atoms with Gasteiger partial charge in [0.25, 0.3) is 0 Å². The number of rotatable bonds is 7. The number of benzene rings is 1. The minimum atomic E-state index is 0.349. The zero-order valence-corrected chi connectivity index (χ0v) is 15.6. The van der Waals surface area contributed by atoms with E-state index in [-0.39, 0.29) is 0 Å². The molecule has 25 heavy (non-hydrogen) atoms. The van der Waals surface area contributed by atoms with E-state index in [2.05, 4.69) is 43.5 Å². The van der Waals surface area contributed by atoms with E-state index in [4.69, 9.17) is 14.5 Å². The highest BCUT2D eigenvalue weighted by atomic mass is 16.5. The van der Waals surface area contributed by atoms with Gasteiger partial charge in [-0.15, -0.1) is 0 Å². The summed E-state index contributed by atoms with van der Waals surface area (Å²) in [4.78, 5) is 4.75. The lowest BCUT2D eigenvalue weighted by Crippen LogP contribution is -2.47. The summed E-state index contributed by atoms with van der Waals surface area (Å²) in [5.74, 6) is 2.31. The molecule has 5 heteroatoms. The first-order chi connectivity index (χ1) is 12.1. The molecule has 2 fully saturated rings. The Hall–Kier alpha value is -1.75. The smallest absolute Gasteiger partial charge is 0.191 e. The third-order valence-electron chi connectivity index (χ3n) is 4.67. The molecule has 3 atom stereocenters. The van der Waals surface area contributed by atoms with Gasteiger partial charge in [0, 0.05) is 6.54 Å². The lowest BCUT2D eigenvalue weighted by Gasteiger charge is -2.22. The van der Waals surface area contributed by atoms with Gasteiger partial charge in [-0.05, 0) is 49.8 Å². The molecule has 2 aliphatic rings. The number of hydrogen-bond acceptors (Lipinski definition) is 3. The second-order valence-corrected chi connectivity index (χ2v) is 7.41. The predicted octanol–water partition coefficient (Wildman–Crippen LogP) is 3.10. The Morgan fingerprint density at radius 2 is 2.24 bits per heavy atom. The molecule has 0 spiro atoms. The molecule has 0 radical (unpaired) electrons. The Labute approximate surface area is 151 Å². The Kier molecular flexibility index (Phi) is 6.19. The van der Waals surface area contributed by atoms with Crippen molar-refractivity contribution < 1.29 is 9.47 Å². The summed E-state index contributed by atoms with van der Waals surface area (Å²) >= 11 is 0. The Morgan fingerprint density at radius 1 is 1.36 bits per heavy atom. The molecule has 2 saturated heterocycles. The Balaban J connectivity index is 1.58. The van der Waals surface area contributed by atoms with Crippen LogP contribution in [0.15, 0.2) is 29.3 Å². The minimum Gasteiger partial charge on any atom is -0.493 e. The second kappa shape index (κ2) is 8.56. The van der Waals surface area contributed by atoms with E-state index in [9.17, 15) is 0 Å². The molecule has 5 nitrogen and oxygen atoms in total. The van der Waals surface area contributed by atoms with Crippen LogP contribution in [-0.4, -0.2) is 37.4 Å². The summed E-state index contributed by atoms with van der Waals surface area (Å²) < 4.78 is 11.7. The van der Waals surface area contributed by atoms with Crippen molar-refractivity contribution in [3.8, 4) is 5.75 Å². The molecule has 2 heterocycles. The van der Waals surface area contributed by atoms with Crippen LogP contribution < -0.4 is 15.4 Å². The van der Waals surface area contributed by atoms with Crippen LogP contribution in [0.2, 0.25) is 0 Å². The zero-order valence-electron chi connectivity index (χ0n) is 15.6. The van der Waals surface area contributed by atoms with Gasteiger partial charge < -0.3 is 20.1 Å². The Morgan fingerprint density at radius 3 is 2.92 bits per heavy atom. The summed E-state index contributed by atoms with van der Waals surface area (Å²) in [6.07, 6.45) is 4.26. The Bertz CT molecular complexity index is 588. The summed E-state index contributed by atoms with van der Waals surface area (Å²) in [6.45, 7) is 8.63. The topological polar surface area (TPSA) is 54.9 Å². The van der Waals surface area contributed by atoms with Gasteiger partial charge in [0.05, 0.1) is 31.4 Å². The molecule has 0 aliphatic carbocycles. The van der Waals surface area contributed by atoms with Crippen LogP contribution in [0.1, 0.15) is 45.6 Å². The average Bonchev–Trinajstić information content (AvgIpc) is 3.21. The van der Waals surface area contributed by atoms with Crippen molar-refractivity contribution in [2.24, 2.45) is 10.9 Å². The van der Waals surface area contributed by atoms with E-state index >= 15 is 0 Å². The molecule has 1 aromatic carbocycles. The lowest BCUT2D eigenvalue weighted by molar-refractivity contribution is 0.0992. The van der Waals surface area contributed by atoms with Gasteiger partial charge in [-0.3, -0.25) is 0 Å². The van der Waals surface area contributed by atoms with E-state index in [1.807, 2.05) is 12.1 Å². The van der Waals surface area contributed by atoms with Crippen LogP contribution in [0, 0.1) is 5.92 Å². The van der Waals surface area contributed by atoms with Crippen molar-refractivity contribution in [2.45, 2.75) is 64.8 Å². The van der Waals surface area contributed by atoms with Crippen LogP contribution in [0.4, 0.5) is 0 Å². The summed E-state index contributed by atoms with van der Waals surface area (Å²) in [7, 11) is 0. The third kappa shape index (κ3) is 5.11. The van der Waals surface area contributed by atoms with Gasteiger partial charge in [-0.25, -0.2) is 4.99 Å². The molecular formula is C20H31N3O2. The molecular weight excluding hydrogens is 314 g/mol. The summed E-state index contributed by atoms with van der Waals surface area (Å²) in [5, 5.41) is 6.90. The average molecular weight is 345 g/mol. The lowest BCUT2D eigenvalue weighted by atomic mass is 9.96. The van der Waals surface area contributed by atoms with Crippen molar-refractivity contribution in [2.75, 3.05) is 13.2 Å². The largest absolute Gasteiger partial charge is 0.493 e. The van der Waals surface area contributed by atoms with E-state index < -0.39 is 0 Å². The molecule has 2 aliphatic heterocycles. The van der Waals surface area contributed by atoms with E-state index in [0.717, 1.165) is 43.3 Å². The normalized spacial score (nSPS) is 25.4. The SMILES string of the molecule is CCNC(=NCc1cccc(OCC(C)C)c1)NC1CC2CCC1O2. The van der Waals surface area contributed by atoms with Crippen LogP contribution in [-0.2, 0) is 11.3 Å². The monoisotopic (exact) mass is 345 g/mol. The van der Waals surface area contributed by atoms with Crippen LogP contribution in [0.5, 0.6) is 5.75 Å². The molecule has 2 N–H and O–H groups in total. The maximum absolute atomic E-state index is 5.93. The van der Waals surface area contributed by atoms with Gasteiger partial charge in [-0.2, -0.15) is 0 Å². The highest BCUT2D eigenvalue weighted by Crippen LogP contribution is 2.34. The zero-order chi connectivity index (χ0) is 17.6. The molecule has 0 saturated carbocycles. The van der Waals surface area contributed by atoms with E-state index in [1.54, 1.807) is 0 Å². The number of hydrogen-bond donors (Lipinski definition) is 2. The van der Waals surface area contributed by atoms with Crippen LogP contribution in [0.3, 0.4) is 0 Å². The van der Waals surface area contributed by atoms with Gasteiger partial charge >= 0.3 is 0 Å². The fourth-order valence-corrected chi connectivity index (χ4v) is 3.45. The van der Waals surface area contributed by atoms with Gasteiger partial charge in [-0.1, -0.05) is 26.0 Å². The van der Waals surface area contributed by atoms with E-state index in [0.29, 0.717) is 30.7 Å². The van der Waals surface area contributed by atoms with Crippen molar-refractivity contribution in [1.82, 2.24) is 10.6 Å². The number of nitrogens with one attached hydrogen (secondary N) is 2. The highest BCUT2D eigenvalue weighted by Gasteiger charge is 2.41. The molecule has 3 rings (SSSR count). The van der Waals surface area contributed by atoms with Gasteiger partial charge in [0.15, 0.2) is 5.96 Å². The van der Waals surface area contributed by atoms with Crippen molar-refractivity contribution in [3.05, 3.63) is 29.8 Å². The fraction of sp³-hybridized carbons (Fsp3) is 0.650. The van der Waals surface area contributed by atoms with E-state index in [1.165, 1.54) is 6.42 Å². The third-order valence-corrected chi connectivity index (χ3v) is 4.67. The van der Waals surface area contributed by atoms with Crippen molar-refractivity contribution in [1.29, 1.82) is 0 Å². The molecule has 1 aromatic rings. The first-order valence-electron chi connectivity index (χ1n) is 9.56. The first-order valence-corrected chi connectivity index (χ1v) is 9.56. The number of nitrogens with zero attached hydrogens (tertiary/aromatic N) is 1. The highest BCUT2D eigenvalue weighted by molar-refractivity contribution is 5.80. The quantitative estimate of drug-likeness (QED) is 0.589. The maximum atomic E-state index is 5.93. The van der Waals surface area contributed by atoms with Crippen LogP contribution >= 0.6 is 0 Å². The molecule has 2 bridgehead atoms. The minimum absolute atomic E-state index is 0.349. The summed E-state index contributed by atoms with van der Waals surface area (Å²) in [5.41, 5.74) is 1.16. The fourth-order valence-electron chi connectivity index (χ4n) is 3.45. The number of aliphatic imine (C=N–C) groups is 1. The molecule has 138 valence electrons. The first kappa shape index (κ1) is 18.1. The molecule has 0 amide bonds. The summed E-state index contributed by atoms with van der Waals surface area (Å²) in [6, 6.07) is 8.60. The number of guanidine groups is 1. The predicted molar refractivity (Wildman–Crippen MR) is 101 cm³/mol. The van der Waals surface area contributed by atoms with Crippen LogP contribution in [0.25, 0.3) is 0 Å². The molecule has 0 aromatic heterocycles. The second-order valence-electron chi connectivity index (χ2n) is 7.41. The number of fused-ring (bicyclic) bond motifs is 2. The molecule has 3 unspecified atom stereocenters. The van der Waals surface area contributed by atoms with Crippen molar-refractivity contribution in [3.63, 3.8) is 0 Å². The van der Waals surface area contributed by atoms with Gasteiger partial charge in [0.2, 0.25) is 0 Å². The number of ether oxygens (including phenoxy) is 2. The maximum Gasteiger partial charge on any atom is 0.191 e. The van der Waals surface area contributed by atoms with Gasteiger partial charge in [0.1, 0.15) is 5.75 Å².